The minimum Gasteiger partial charge on any atom is -0.343 e. The van der Waals surface area contributed by atoms with Gasteiger partial charge in [-0.05, 0) is 54.7 Å². The van der Waals surface area contributed by atoms with Gasteiger partial charge in [-0.15, -0.1) is 0 Å². The van der Waals surface area contributed by atoms with Crippen LogP contribution >= 0.6 is 0 Å². The molecule has 0 unspecified atom stereocenters. The number of aromatic nitrogens is 4. The third-order valence-electron chi connectivity index (χ3n) is 7.05. The van der Waals surface area contributed by atoms with E-state index in [0.717, 1.165) is 59.9 Å². The highest BCUT2D eigenvalue weighted by atomic mass is 16.2. The molecular weight excluding hydrogens is 460 g/mol. The normalized spacial score (nSPS) is 14.1. The minimum atomic E-state index is 0.167. The number of fused-ring (bicyclic) bond motifs is 1. The summed E-state index contributed by atoms with van der Waals surface area (Å²) < 4.78 is 2.07. The lowest BCUT2D eigenvalue weighted by Gasteiger charge is -2.31. The molecule has 1 amide bonds. The first kappa shape index (κ1) is 22.9. The number of imidazole rings is 1. The monoisotopic (exact) mass is 488 g/mol. The highest BCUT2D eigenvalue weighted by molar-refractivity contribution is 5.80. The highest BCUT2D eigenvalue weighted by Gasteiger charge is 2.22. The molecule has 0 aliphatic carbocycles. The summed E-state index contributed by atoms with van der Waals surface area (Å²) in [6, 6.07) is 26.6. The minimum absolute atomic E-state index is 0.167. The van der Waals surface area contributed by atoms with Crippen molar-refractivity contribution in [3.8, 4) is 22.6 Å². The van der Waals surface area contributed by atoms with Gasteiger partial charge in [0.05, 0.1) is 17.1 Å². The molecule has 0 saturated carbocycles. The molecule has 1 saturated heterocycles. The van der Waals surface area contributed by atoms with Gasteiger partial charge >= 0.3 is 0 Å². The van der Waals surface area contributed by atoms with Crippen LogP contribution in [0.25, 0.3) is 28.3 Å². The van der Waals surface area contributed by atoms with E-state index >= 15 is 0 Å². The summed E-state index contributed by atoms with van der Waals surface area (Å²) in [5, 5.41) is 3.36. The maximum Gasteiger partial charge on any atom is 0.227 e. The van der Waals surface area contributed by atoms with Crippen LogP contribution in [0.15, 0.2) is 91.3 Å². The van der Waals surface area contributed by atoms with Crippen molar-refractivity contribution < 1.29 is 4.79 Å². The molecule has 0 radical (unpaired) electrons. The molecule has 37 heavy (non-hydrogen) atoms. The van der Waals surface area contributed by atoms with Crippen molar-refractivity contribution in [2.75, 3.05) is 18.4 Å². The number of carbonyl (C=O) groups excluding carboxylic acids is 1. The van der Waals surface area contributed by atoms with Crippen LogP contribution in [0.5, 0.6) is 0 Å². The Morgan fingerprint density at radius 2 is 1.65 bits per heavy atom. The number of hydrogen-bond acceptors (Lipinski definition) is 5. The van der Waals surface area contributed by atoms with Crippen LogP contribution in [0.1, 0.15) is 31.2 Å². The number of likely N-dealkylation sites (tertiary alicyclic amines) is 1. The van der Waals surface area contributed by atoms with Crippen molar-refractivity contribution in [2.45, 2.75) is 25.7 Å². The Morgan fingerprint density at radius 3 is 2.41 bits per heavy atom. The zero-order chi connectivity index (χ0) is 25.2. The average Bonchev–Trinajstić information content (AvgIpc) is 3.34. The Labute approximate surface area is 215 Å². The van der Waals surface area contributed by atoms with Crippen LogP contribution in [-0.4, -0.2) is 43.2 Å². The predicted octanol–water partition coefficient (Wildman–Crippen LogP) is 5.93. The number of rotatable bonds is 5. The molecule has 3 aromatic heterocycles. The Bertz CT molecular complexity index is 1540. The fraction of sp³-hybridized carbons (Fsp3) is 0.200. The third-order valence-corrected chi connectivity index (χ3v) is 7.05. The lowest BCUT2D eigenvalue weighted by Crippen LogP contribution is -2.36. The van der Waals surface area contributed by atoms with Gasteiger partial charge in [0.1, 0.15) is 5.65 Å². The molecule has 0 atom stereocenters. The van der Waals surface area contributed by atoms with Gasteiger partial charge in [-0.2, -0.15) is 0 Å². The quantitative estimate of drug-likeness (QED) is 0.332. The fourth-order valence-electron chi connectivity index (χ4n) is 5.08. The molecule has 0 spiro atoms. The van der Waals surface area contributed by atoms with Crippen LogP contribution in [0.4, 0.5) is 11.6 Å². The topological polar surface area (TPSA) is 75.4 Å². The number of pyridine rings is 1. The van der Waals surface area contributed by atoms with E-state index in [2.05, 4.69) is 51.1 Å². The first-order valence-corrected chi connectivity index (χ1v) is 12.6. The van der Waals surface area contributed by atoms with Gasteiger partial charge in [0.2, 0.25) is 11.9 Å². The zero-order valence-electron chi connectivity index (χ0n) is 20.7. The lowest BCUT2D eigenvalue weighted by atomic mass is 9.89. The molecule has 0 bridgehead atoms. The summed E-state index contributed by atoms with van der Waals surface area (Å²) >= 11 is 0. The van der Waals surface area contributed by atoms with Gasteiger partial charge in [0, 0.05) is 43.7 Å². The molecular formula is C30H28N6O. The van der Waals surface area contributed by atoms with Crippen molar-refractivity contribution in [3.05, 3.63) is 96.8 Å². The second-order valence-electron chi connectivity index (χ2n) is 9.40. The van der Waals surface area contributed by atoms with E-state index in [4.69, 9.17) is 9.97 Å². The smallest absolute Gasteiger partial charge is 0.227 e. The Kier molecular flexibility index (Phi) is 6.10. The predicted molar refractivity (Wildman–Crippen MR) is 146 cm³/mol. The third kappa shape index (κ3) is 4.68. The van der Waals surface area contributed by atoms with E-state index in [1.165, 1.54) is 5.56 Å². The second-order valence-corrected chi connectivity index (χ2v) is 9.40. The van der Waals surface area contributed by atoms with Gasteiger partial charge in [0.25, 0.3) is 0 Å². The molecule has 184 valence electrons. The molecule has 4 heterocycles. The van der Waals surface area contributed by atoms with E-state index < -0.39 is 0 Å². The van der Waals surface area contributed by atoms with Crippen LogP contribution < -0.4 is 5.32 Å². The molecule has 7 heteroatoms. The van der Waals surface area contributed by atoms with Gasteiger partial charge in [-0.1, -0.05) is 48.5 Å². The van der Waals surface area contributed by atoms with Crippen molar-refractivity contribution in [1.29, 1.82) is 0 Å². The highest BCUT2D eigenvalue weighted by Crippen LogP contribution is 2.33. The number of carbonyl (C=O) groups is 1. The van der Waals surface area contributed by atoms with Crippen LogP contribution in [0, 0.1) is 0 Å². The second kappa shape index (κ2) is 9.85. The van der Waals surface area contributed by atoms with Gasteiger partial charge in [0.15, 0.2) is 0 Å². The first-order chi connectivity index (χ1) is 18.2. The summed E-state index contributed by atoms with van der Waals surface area (Å²) in [7, 11) is 0. The number of amides is 1. The average molecular weight is 489 g/mol. The molecule has 2 aromatic carbocycles. The van der Waals surface area contributed by atoms with E-state index in [9.17, 15) is 4.79 Å². The molecule has 1 fully saturated rings. The number of anilines is 2. The molecule has 1 aliphatic heterocycles. The number of nitrogens with zero attached hydrogens (tertiary/aromatic N) is 5. The van der Waals surface area contributed by atoms with Gasteiger partial charge < -0.3 is 10.2 Å². The van der Waals surface area contributed by atoms with E-state index in [0.29, 0.717) is 11.9 Å². The fourth-order valence-corrected chi connectivity index (χ4v) is 5.08. The number of piperidine rings is 1. The zero-order valence-corrected chi connectivity index (χ0v) is 20.7. The number of hydrogen-bond donors (Lipinski definition) is 1. The van der Waals surface area contributed by atoms with E-state index in [-0.39, 0.29) is 5.91 Å². The summed E-state index contributed by atoms with van der Waals surface area (Å²) in [6.45, 7) is 3.31. The summed E-state index contributed by atoms with van der Waals surface area (Å²) in [6.07, 6.45) is 5.79. The standard InChI is InChI=1S/C30H28N6O/c1-21(37)35-19-15-23(16-20-35)22-10-12-25(13-11-22)32-30-31-17-14-26(33-30)29-28(24-7-3-2-4-8-24)34-27-9-5-6-18-36(27)29/h2-14,17-18,23H,15-16,19-20H2,1H3,(H,31,32,33). The van der Waals surface area contributed by atoms with Crippen LogP contribution in [0.2, 0.25) is 0 Å². The SMILES string of the molecule is CC(=O)N1CCC(c2ccc(Nc3nccc(-c4c(-c5ccccc5)nc5ccccn45)n3)cc2)CC1. The van der Waals surface area contributed by atoms with Crippen molar-refractivity contribution in [3.63, 3.8) is 0 Å². The van der Waals surface area contributed by atoms with Crippen molar-refractivity contribution >= 4 is 23.2 Å². The Morgan fingerprint density at radius 1 is 0.892 bits per heavy atom. The molecule has 1 aliphatic rings. The summed E-state index contributed by atoms with van der Waals surface area (Å²) in [4.78, 5) is 27.8. The summed E-state index contributed by atoms with van der Waals surface area (Å²) in [5.74, 6) is 1.18. The maximum atomic E-state index is 11.6. The van der Waals surface area contributed by atoms with Gasteiger partial charge in [-0.25, -0.2) is 15.0 Å². The van der Waals surface area contributed by atoms with Crippen LogP contribution in [-0.2, 0) is 4.79 Å². The Hall–Kier alpha value is -4.52. The van der Waals surface area contributed by atoms with Crippen LogP contribution in [0.3, 0.4) is 0 Å². The number of nitrogens with one attached hydrogen (secondary N) is 1. The lowest BCUT2D eigenvalue weighted by molar-refractivity contribution is -0.129. The van der Waals surface area contributed by atoms with Crippen molar-refractivity contribution in [1.82, 2.24) is 24.3 Å². The summed E-state index contributed by atoms with van der Waals surface area (Å²) in [5.41, 5.74) is 6.76. The van der Waals surface area contributed by atoms with Gasteiger partial charge in [-0.3, -0.25) is 9.20 Å². The Balaban J connectivity index is 1.26. The number of benzene rings is 2. The van der Waals surface area contributed by atoms with E-state index in [1.54, 1.807) is 13.1 Å². The maximum absolute atomic E-state index is 11.6. The van der Waals surface area contributed by atoms with E-state index in [1.807, 2.05) is 53.6 Å². The largest absolute Gasteiger partial charge is 0.343 e. The molecule has 7 nitrogen and oxygen atoms in total. The molecule has 6 rings (SSSR count). The molecule has 5 aromatic rings. The first-order valence-electron chi connectivity index (χ1n) is 12.6. The molecule has 1 N–H and O–H groups in total. The van der Waals surface area contributed by atoms with Crippen molar-refractivity contribution in [2.24, 2.45) is 0 Å².